The molecule has 1 saturated carbocycles. The fourth-order valence-electron chi connectivity index (χ4n) is 3.92. The van der Waals surface area contributed by atoms with Crippen molar-refractivity contribution < 1.29 is 9.53 Å². The summed E-state index contributed by atoms with van der Waals surface area (Å²) < 4.78 is 5.07. The van der Waals surface area contributed by atoms with E-state index in [2.05, 4.69) is 41.8 Å². The summed E-state index contributed by atoms with van der Waals surface area (Å²) in [6.45, 7) is 6.25. The number of rotatable bonds is 5. The Morgan fingerprint density at radius 3 is 2.54 bits per heavy atom. The Morgan fingerprint density at radius 2 is 1.89 bits per heavy atom. The zero-order valence-corrected chi connectivity index (χ0v) is 17.6. The van der Waals surface area contributed by atoms with Gasteiger partial charge in [-0.1, -0.05) is 42.7 Å². The largest absolute Gasteiger partial charge is 0.462 e. The van der Waals surface area contributed by atoms with Crippen LogP contribution in [0, 0.1) is 13.8 Å². The molecule has 2 aromatic rings. The highest BCUT2D eigenvalue weighted by Crippen LogP contribution is 2.39. The zero-order chi connectivity index (χ0) is 20.1. The van der Waals surface area contributed by atoms with E-state index in [0.717, 1.165) is 24.1 Å². The van der Waals surface area contributed by atoms with Crippen molar-refractivity contribution >= 4 is 29.0 Å². The number of benzene rings is 2. The van der Waals surface area contributed by atoms with Crippen LogP contribution >= 0.6 is 12.2 Å². The van der Waals surface area contributed by atoms with Crippen molar-refractivity contribution in [2.75, 3.05) is 11.9 Å². The highest BCUT2D eigenvalue weighted by molar-refractivity contribution is 7.80. The summed E-state index contributed by atoms with van der Waals surface area (Å²) in [7, 11) is 0. The van der Waals surface area contributed by atoms with Crippen LogP contribution in [-0.4, -0.2) is 17.7 Å². The van der Waals surface area contributed by atoms with Gasteiger partial charge in [-0.3, -0.25) is 0 Å². The standard InChI is InChI=1S/C23H28N2O2S/c1-4-27-21(26)18-10-11-20(17(3)15-18)24-22(28)25-23(12-5-6-13-23)19-9-7-8-16(2)14-19/h7-11,14-15H,4-6,12-13H2,1-3H3,(H2,24,25,28). The first-order valence-corrected chi connectivity index (χ1v) is 10.3. The van der Waals surface area contributed by atoms with Gasteiger partial charge in [-0.05, 0) is 75.2 Å². The lowest BCUT2D eigenvalue weighted by Gasteiger charge is -2.33. The molecular weight excluding hydrogens is 368 g/mol. The number of ether oxygens (including phenoxy) is 1. The zero-order valence-electron chi connectivity index (χ0n) is 16.8. The lowest BCUT2D eigenvalue weighted by molar-refractivity contribution is 0.0526. The topological polar surface area (TPSA) is 50.4 Å². The van der Waals surface area contributed by atoms with Gasteiger partial charge in [0.15, 0.2) is 5.11 Å². The number of hydrogen-bond donors (Lipinski definition) is 2. The third kappa shape index (κ3) is 4.53. The van der Waals surface area contributed by atoms with Crippen LogP contribution in [0.3, 0.4) is 0 Å². The van der Waals surface area contributed by atoms with Gasteiger partial charge in [0.2, 0.25) is 0 Å². The lowest BCUT2D eigenvalue weighted by atomic mass is 9.87. The molecule has 1 aliphatic rings. The van der Waals surface area contributed by atoms with E-state index in [1.165, 1.54) is 24.0 Å². The first-order chi connectivity index (χ1) is 13.4. The van der Waals surface area contributed by atoms with Gasteiger partial charge in [0.05, 0.1) is 17.7 Å². The molecule has 0 amide bonds. The fourth-order valence-corrected chi connectivity index (χ4v) is 4.23. The minimum absolute atomic E-state index is 0.116. The molecule has 0 aromatic heterocycles. The summed E-state index contributed by atoms with van der Waals surface area (Å²) >= 11 is 5.65. The Morgan fingerprint density at radius 1 is 1.14 bits per heavy atom. The molecule has 28 heavy (non-hydrogen) atoms. The summed E-state index contributed by atoms with van der Waals surface area (Å²) in [5, 5.41) is 7.52. The number of aryl methyl sites for hydroxylation is 2. The van der Waals surface area contributed by atoms with E-state index >= 15 is 0 Å². The molecule has 2 N–H and O–H groups in total. The molecule has 0 spiro atoms. The smallest absolute Gasteiger partial charge is 0.338 e. The summed E-state index contributed by atoms with van der Waals surface area (Å²) in [6, 6.07) is 14.1. The van der Waals surface area contributed by atoms with E-state index in [1.54, 1.807) is 13.0 Å². The van der Waals surface area contributed by atoms with Crippen LogP contribution in [0.2, 0.25) is 0 Å². The van der Waals surface area contributed by atoms with Crippen molar-refractivity contribution in [3.63, 3.8) is 0 Å². The van der Waals surface area contributed by atoms with Crippen molar-refractivity contribution in [3.05, 3.63) is 64.7 Å². The highest BCUT2D eigenvalue weighted by Gasteiger charge is 2.36. The van der Waals surface area contributed by atoms with E-state index in [9.17, 15) is 4.79 Å². The predicted octanol–water partition coefficient (Wildman–Crippen LogP) is 5.24. The van der Waals surface area contributed by atoms with Gasteiger partial charge >= 0.3 is 5.97 Å². The minimum atomic E-state index is -0.304. The maximum atomic E-state index is 11.9. The van der Waals surface area contributed by atoms with Gasteiger partial charge in [-0.15, -0.1) is 0 Å². The first-order valence-electron chi connectivity index (χ1n) is 9.87. The number of thiocarbonyl (C=S) groups is 1. The molecule has 1 fully saturated rings. The van der Waals surface area contributed by atoms with Crippen molar-refractivity contribution in [2.45, 2.75) is 52.0 Å². The molecule has 1 aliphatic carbocycles. The summed E-state index contributed by atoms with van der Waals surface area (Å²) in [5.74, 6) is -0.304. The molecule has 0 unspecified atom stereocenters. The quantitative estimate of drug-likeness (QED) is 0.535. The lowest BCUT2D eigenvalue weighted by Crippen LogP contribution is -2.45. The predicted molar refractivity (Wildman–Crippen MR) is 118 cm³/mol. The molecule has 0 atom stereocenters. The average molecular weight is 397 g/mol. The van der Waals surface area contributed by atoms with Crippen molar-refractivity contribution in [3.8, 4) is 0 Å². The van der Waals surface area contributed by atoms with Crippen LogP contribution in [0.1, 0.15) is 59.7 Å². The Hall–Kier alpha value is -2.40. The Bertz CT molecular complexity index is 873. The van der Waals surface area contributed by atoms with E-state index in [-0.39, 0.29) is 11.5 Å². The molecule has 2 aromatic carbocycles. The van der Waals surface area contributed by atoms with Gasteiger partial charge in [-0.25, -0.2) is 4.79 Å². The summed E-state index contributed by atoms with van der Waals surface area (Å²) in [4.78, 5) is 11.9. The van der Waals surface area contributed by atoms with E-state index in [0.29, 0.717) is 17.3 Å². The maximum Gasteiger partial charge on any atom is 0.338 e. The van der Waals surface area contributed by atoms with E-state index < -0.39 is 0 Å². The molecule has 4 nitrogen and oxygen atoms in total. The van der Waals surface area contributed by atoms with Gasteiger partial charge in [0.25, 0.3) is 0 Å². The normalized spacial score (nSPS) is 15.1. The second kappa shape index (κ2) is 8.74. The van der Waals surface area contributed by atoms with Gasteiger partial charge in [0.1, 0.15) is 0 Å². The number of carbonyl (C=O) groups is 1. The van der Waals surface area contributed by atoms with Crippen LogP contribution < -0.4 is 10.6 Å². The fraction of sp³-hybridized carbons (Fsp3) is 0.391. The van der Waals surface area contributed by atoms with Crippen molar-refractivity contribution in [2.24, 2.45) is 0 Å². The van der Waals surface area contributed by atoms with Crippen LogP contribution in [0.5, 0.6) is 0 Å². The molecule has 5 heteroatoms. The Balaban J connectivity index is 1.74. The average Bonchev–Trinajstić information content (AvgIpc) is 3.13. The van der Waals surface area contributed by atoms with Gasteiger partial charge in [-0.2, -0.15) is 0 Å². The molecule has 0 aliphatic heterocycles. The van der Waals surface area contributed by atoms with Crippen LogP contribution in [0.15, 0.2) is 42.5 Å². The monoisotopic (exact) mass is 396 g/mol. The second-order valence-electron chi connectivity index (χ2n) is 7.49. The van der Waals surface area contributed by atoms with Crippen molar-refractivity contribution in [1.82, 2.24) is 5.32 Å². The molecule has 0 bridgehead atoms. The van der Waals surface area contributed by atoms with E-state index in [1.807, 2.05) is 19.1 Å². The Kier molecular flexibility index (Phi) is 6.35. The maximum absolute atomic E-state index is 11.9. The second-order valence-corrected chi connectivity index (χ2v) is 7.90. The Labute approximate surface area is 172 Å². The van der Waals surface area contributed by atoms with E-state index in [4.69, 9.17) is 17.0 Å². The molecule has 148 valence electrons. The number of anilines is 1. The van der Waals surface area contributed by atoms with Crippen LogP contribution in [-0.2, 0) is 10.3 Å². The molecule has 3 rings (SSSR count). The van der Waals surface area contributed by atoms with Crippen molar-refractivity contribution in [1.29, 1.82) is 0 Å². The molecular formula is C23H28N2O2S. The number of nitrogens with one attached hydrogen (secondary N) is 2. The minimum Gasteiger partial charge on any atom is -0.462 e. The van der Waals surface area contributed by atoms with Gasteiger partial charge < -0.3 is 15.4 Å². The number of esters is 1. The third-order valence-electron chi connectivity index (χ3n) is 5.37. The highest BCUT2D eigenvalue weighted by atomic mass is 32.1. The molecule has 0 heterocycles. The molecule has 0 radical (unpaired) electrons. The first kappa shape index (κ1) is 20.3. The van der Waals surface area contributed by atoms with Crippen LogP contribution in [0.25, 0.3) is 0 Å². The van der Waals surface area contributed by atoms with Crippen LogP contribution in [0.4, 0.5) is 5.69 Å². The summed E-state index contributed by atoms with van der Waals surface area (Å²) in [6.07, 6.45) is 4.52. The van der Waals surface area contributed by atoms with Gasteiger partial charge in [0, 0.05) is 5.69 Å². The number of carbonyl (C=O) groups excluding carboxylic acids is 1. The SMILES string of the molecule is CCOC(=O)c1ccc(NC(=S)NC2(c3cccc(C)c3)CCCC2)c(C)c1. The number of hydrogen-bond acceptors (Lipinski definition) is 3. The summed E-state index contributed by atoms with van der Waals surface area (Å²) in [5.41, 5.74) is 4.83. The molecule has 0 saturated heterocycles. The third-order valence-corrected chi connectivity index (χ3v) is 5.57.